The van der Waals surface area contributed by atoms with Gasteiger partial charge in [0.05, 0.1) is 18.8 Å². The number of Topliss-reactive ketones (excluding diaryl/α,β-unsaturated/α-hetero) is 1. The third-order valence-electron chi connectivity index (χ3n) is 6.53. The summed E-state index contributed by atoms with van der Waals surface area (Å²) in [4.78, 5) is 17.9. The summed E-state index contributed by atoms with van der Waals surface area (Å²) in [5, 5.41) is 0. The Balaban J connectivity index is 1.30. The molecule has 3 heterocycles. The number of ether oxygens (including phenoxy) is 3. The summed E-state index contributed by atoms with van der Waals surface area (Å²) in [5.41, 5.74) is 4.72. The number of benzene rings is 2. The van der Waals surface area contributed by atoms with Gasteiger partial charge in [-0.1, -0.05) is 24.3 Å². The molecule has 168 valence electrons. The third-order valence-corrected chi connectivity index (χ3v) is 6.53. The smallest absolute Gasteiger partial charge is 0.231 e. The second-order valence-electron chi connectivity index (χ2n) is 8.80. The zero-order chi connectivity index (χ0) is 22.1. The normalized spacial score (nSPS) is 20.1. The lowest BCUT2D eigenvalue weighted by Gasteiger charge is -2.31. The molecule has 0 spiro atoms. The molecular formula is C26H30N2O4. The van der Waals surface area contributed by atoms with Crippen LogP contribution in [0.3, 0.4) is 0 Å². The van der Waals surface area contributed by atoms with Crippen molar-refractivity contribution in [3.8, 4) is 11.5 Å². The zero-order valence-electron chi connectivity index (χ0n) is 18.9. The van der Waals surface area contributed by atoms with Crippen molar-refractivity contribution in [1.29, 1.82) is 0 Å². The van der Waals surface area contributed by atoms with Crippen LogP contribution in [0.1, 0.15) is 39.0 Å². The number of hydrogen-bond acceptors (Lipinski definition) is 6. The van der Waals surface area contributed by atoms with E-state index in [9.17, 15) is 4.79 Å². The fourth-order valence-corrected chi connectivity index (χ4v) is 4.67. The summed E-state index contributed by atoms with van der Waals surface area (Å²) < 4.78 is 17.6. The first-order valence-corrected chi connectivity index (χ1v) is 11.4. The van der Waals surface area contributed by atoms with Crippen LogP contribution in [-0.2, 0) is 11.3 Å². The van der Waals surface area contributed by atoms with Gasteiger partial charge in [-0.05, 0) is 50.1 Å². The highest BCUT2D eigenvalue weighted by Gasteiger charge is 2.33. The molecule has 0 amide bonds. The van der Waals surface area contributed by atoms with Crippen molar-refractivity contribution >= 4 is 11.9 Å². The predicted octanol–water partition coefficient (Wildman–Crippen LogP) is 3.79. The molecule has 0 aromatic heterocycles. The number of ketones is 1. The van der Waals surface area contributed by atoms with Crippen LogP contribution in [0.4, 0.5) is 0 Å². The summed E-state index contributed by atoms with van der Waals surface area (Å²) in [6, 6.07) is 9.96. The van der Waals surface area contributed by atoms with Crippen LogP contribution in [0.2, 0.25) is 0 Å². The molecule has 32 heavy (non-hydrogen) atoms. The van der Waals surface area contributed by atoms with Crippen molar-refractivity contribution in [2.45, 2.75) is 26.8 Å². The number of carbonyl (C=O) groups is 1. The zero-order valence-corrected chi connectivity index (χ0v) is 18.9. The maximum absolute atomic E-state index is 13.1. The van der Waals surface area contributed by atoms with Crippen LogP contribution in [0.25, 0.3) is 6.08 Å². The van der Waals surface area contributed by atoms with E-state index >= 15 is 0 Å². The van der Waals surface area contributed by atoms with E-state index < -0.39 is 0 Å². The van der Waals surface area contributed by atoms with Gasteiger partial charge in [-0.3, -0.25) is 14.6 Å². The molecule has 0 radical (unpaired) electrons. The van der Waals surface area contributed by atoms with Crippen LogP contribution in [0, 0.1) is 13.8 Å². The molecule has 6 nitrogen and oxygen atoms in total. The van der Waals surface area contributed by atoms with Crippen molar-refractivity contribution in [3.63, 3.8) is 0 Å². The number of nitrogens with zero attached hydrogens (tertiary/aromatic N) is 2. The van der Waals surface area contributed by atoms with Crippen molar-refractivity contribution in [3.05, 3.63) is 63.9 Å². The van der Waals surface area contributed by atoms with E-state index in [0.29, 0.717) is 23.8 Å². The SMILES string of the molecule is Cc1ccccc1/C=C1\Oc2c(cc3c(c2C)OCN(CCCN2CCOCC2)C3)C1=O. The number of aryl methyl sites for hydroxylation is 1. The second-order valence-corrected chi connectivity index (χ2v) is 8.80. The van der Waals surface area contributed by atoms with Crippen LogP contribution in [0.5, 0.6) is 11.5 Å². The Morgan fingerprint density at radius 1 is 1.03 bits per heavy atom. The molecule has 0 bridgehead atoms. The summed E-state index contributed by atoms with van der Waals surface area (Å²) in [7, 11) is 0. The fourth-order valence-electron chi connectivity index (χ4n) is 4.67. The van der Waals surface area contributed by atoms with E-state index in [2.05, 4.69) is 9.80 Å². The maximum atomic E-state index is 13.1. The van der Waals surface area contributed by atoms with Crippen molar-refractivity contribution in [1.82, 2.24) is 9.80 Å². The molecule has 3 aliphatic heterocycles. The number of morpholine rings is 1. The number of hydrogen-bond donors (Lipinski definition) is 0. The van der Waals surface area contributed by atoms with Gasteiger partial charge in [0.15, 0.2) is 5.76 Å². The molecule has 1 saturated heterocycles. The van der Waals surface area contributed by atoms with E-state index in [-0.39, 0.29) is 5.78 Å². The van der Waals surface area contributed by atoms with E-state index in [1.54, 1.807) is 0 Å². The molecule has 3 aliphatic rings. The van der Waals surface area contributed by atoms with E-state index in [1.807, 2.05) is 50.3 Å². The molecule has 0 N–H and O–H groups in total. The number of fused-ring (bicyclic) bond motifs is 2. The molecule has 2 aromatic carbocycles. The number of carbonyl (C=O) groups excluding carboxylic acids is 1. The highest BCUT2D eigenvalue weighted by atomic mass is 16.5. The third kappa shape index (κ3) is 4.18. The van der Waals surface area contributed by atoms with Gasteiger partial charge in [-0.15, -0.1) is 0 Å². The minimum Gasteiger partial charge on any atom is -0.477 e. The van der Waals surface area contributed by atoms with E-state index in [0.717, 1.165) is 80.4 Å². The lowest BCUT2D eigenvalue weighted by molar-refractivity contribution is 0.0329. The molecule has 1 fully saturated rings. The van der Waals surface area contributed by atoms with Crippen molar-refractivity contribution in [2.24, 2.45) is 0 Å². The summed E-state index contributed by atoms with van der Waals surface area (Å²) >= 11 is 0. The Hall–Kier alpha value is -2.67. The Bertz CT molecular complexity index is 1060. The van der Waals surface area contributed by atoms with Gasteiger partial charge in [0.1, 0.15) is 18.2 Å². The Kier molecular flexibility index (Phi) is 6.00. The van der Waals surface area contributed by atoms with Crippen LogP contribution < -0.4 is 9.47 Å². The average Bonchev–Trinajstić information content (AvgIpc) is 3.12. The maximum Gasteiger partial charge on any atom is 0.231 e. The van der Waals surface area contributed by atoms with Gasteiger partial charge in [-0.25, -0.2) is 0 Å². The lowest BCUT2D eigenvalue weighted by Crippen LogP contribution is -2.39. The van der Waals surface area contributed by atoms with Crippen LogP contribution in [-0.4, -0.2) is 61.7 Å². The fraction of sp³-hybridized carbons (Fsp3) is 0.423. The first-order chi connectivity index (χ1) is 15.6. The minimum absolute atomic E-state index is 0.0569. The predicted molar refractivity (Wildman–Crippen MR) is 123 cm³/mol. The van der Waals surface area contributed by atoms with Gasteiger partial charge in [-0.2, -0.15) is 0 Å². The monoisotopic (exact) mass is 434 g/mol. The first kappa shape index (κ1) is 21.2. The molecule has 0 unspecified atom stereocenters. The summed E-state index contributed by atoms with van der Waals surface area (Å²) in [6.07, 6.45) is 2.93. The summed E-state index contributed by atoms with van der Waals surface area (Å²) in [5.74, 6) is 1.81. The highest BCUT2D eigenvalue weighted by Crippen LogP contribution is 2.43. The Morgan fingerprint density at radius 2 is 1.81 bits per heavy atom. The molecule has 5 rings (SSSR count). The average molecular weight is 435 g/mol. The van der Waals surface area contributed by atoms with Gasteiger partial charge in [0.25, 0.3) is 0 Å². The van der Waals surface area contributed by atoms with Crippen molar-refractivity contribution < 1.29 is 19.0 Å². The van der Waals surface area contributed by atoms with Gasteiger partial charge < -0.3 is 14.2 Å². The van der Waals surface area contributed by atoms with Crippen molar-refractivity contribution in [2.75, 3.05) is 46.1 Å². The first-order valence-electron chi connectivity index (χ1n) is 11.4. The number of rotatable bonds is 5. The quantitative estimate of drug-likeness (QED) is 0.668. The lowest BCUT2D eigenvalue weighted by atomic mass is 9.99. The minimum atomic E-state index is -0.0569. The van der Waals surface area contributed by atoms with Crippen LogP contribution in [0.15, 0.2) is 36.1 Å². The van der Waals surface area contributed by atoms with Gasteiger partial charge in [0.2, 0.25) is 5.78 Å². The second kappa shape index (κ2) is 9.06. The Labute approximate surface area is 189 Å². The topological polar surface area (TPSA) is 51.2 Å². The largest absolute Gasteiger partial charge is 0.477 e. The van der Waals surface area contributed by atoms with Gasteiger partial charge in [0, 0.05) is 37.3 Å². The van der Waals surface area contributed by atoms with E-state index in [1.165, 1.54) is 0 Å². The standard InChI is InChI=1S/C26H30N2O4/c1-18-6-3-4-7-20(18)15-23-24(29)22-14-21-16-28(9-5-8-27-10-12-30-13-11-27)17-31-25(21)19(2)26(22)32-23/h3-4,6-7,14-15H,5,8-13,16-17H2,1-2H3/b23-15-. The van der Waals surface area contributed by atoms with Crippen LogP contribution >= 0.6 is 0 Å². The number of allylic oxidation sites excluding steroid dienone is 1. The molecule has 2 aromatic rings. The highest BCUT2D eigenvalue weighted by molar-refractivity contribution is 6.15. The molecule has 0 atom stereocenters. The van der Waals surface area contributed by atoms with Gasteiger partial charge >= 0.3 is 0 Å². The van der Waals surface area contributed by atoms with E-state index in [4.69, 9.17) is 14.2 Å². The molecule has 0 aliphatic carbocycles. The summed E-state index contributed by atoms with van der Waals surface area (Å²) in [6.45, 7) is 11.1. The molecule has 0 saturated carbocycles. The Morgan fingerprint density at radius 3 is 2.62 bits per heavy atom. The molecular weight excluding hydrogens is 404 g/mol. The molecule has 6 heteroatoms.